The molecule has 10 heteroatoms. The van der Waals surface area contributed by atoms with Gasteiger partial charge in [0.05, 0.1) is 42.4 Å². The number of ether oxygens (including phenoxy) is 1. The number of nitrogens with zero attached hydrogens (tertiary/aromatic N) is 2. The number of hydrogen-bond acceptors (Lipinski definition) is 6. The molecule has 0 radical (unpaired) electrons. The molecule has 35 heavy (non-hydrogen) atoms. The molecular weight excluding hydrogens is 488 g/mol. The van der Waals surface area contributed by atoms with Crippen LogP contribution >= 0.6 is 0 Å². The van der Waals surface area contributed by atoms with E-state index in [9.17, 15) is 21.9 Å². The molecule has 1 aromatic rings. The summed E-state index contributed by atoms with van der Waals surface area (Å²) in [5.74, 6) is -0.327. The van der Waals surface area contributed by atoms with Gasteiger partial charge in [0.15, 0.2) is 0 Å². The van der Waals surface area contributed by atoms with Gasteiger partial charge in [0.1, 0.15) is 0 Å². The second kappa shape index (κ2) is 13.0. The van der Waals surface area contributed by atoms with Gasteiger partial charge in [-0.1, -0.05) is 69.9 Å². The number of rotatable bonds is 12. The van der Waals surface area contributed by atoms with Crippen molar-refractivity contribution < 1.29 is 26.7 Å². The first-order valence-corrected chi connectivity index (χ1v) is 16.3. The van der Waals surface area contributed by atoms with Crippen LogP contribution in [0.5, 0.6) is 0 Å². The smallest absolute Gasteiger partial charge is 0.228 e. The highest BCUT2D eigenvalue weighted by Gasteiger charge is 2.49. The predicted molar refractivity (Wildman–Crippen MR) is 137 cm³/mol. The molecule has 2 aliphatic carbocycles. The van der Waals surface area contributed by atoms with Crippen LogP contribution in [-0.2, 0) is 31.4 Å². The molecule has 8 nitrogen and oxygen atoms in total. The van der Waals surface area contributed by atoms with Crippen LogP contribution in [0.2, 0.25) is 0 Å². The number of aliphatic hydroxyl groups excluding tert-OH is 1. The zero-order valence-corrected chi connectivity index (χ0v) is 22.7. The quantitative estimate of drug-likeness (QED) is 0.412. The summed E-state index contributed by atoms with van der Waals surface area (Å²) in [5, 5.41) is 10.9. The molecule has 0 spiro atoms. The summed E-state index contributed by atoms with van der Waals surface area (Å²) in [6.07, 6.45) is 4.71. The number of hydrazine groups is 1. The summed E-state index contributed by atoms with van der Waals surface area (Å²) in [6, 6.07) is 8.28. The van der Waals surface area contributed by atoms with Gasteiger partial charge in [-0.05, 0) is 44.1 Å². The first-order valence-electron chi connectivity index (χ1n) is 13.1. The normalized spacial score (nSPS) is 26.3. The Hall–Kier alpha value is -1.04. The maximum Gasteiger partial charge on any atom is 0.228 e. The Balaban J connectivity index is 2.04. The van der Waals surface area contributed by atoms with E-state index in [2.05, 4.69) is 0 Å². The van der Waals surface area contributed by atoms with Crippen LogP contribution in [0, 0.1) is 0 Å². The van der Waals surface area contributed by atoms with E-state index >= 15 is 0 Å². The molecule has 0 aromatic heterocycles. The van der Waals surface area contributed by atoms with Gasteiger partial charge in [-0.15, -0.1) is 8.83 Å². The second-order valence-electron chi connectivity index (χ2n) is 9.78. The fraction of sp³-hybridized carbons (Fsp3) is 0.760. The van der Waals surface area contributed by atoms with Gasteiger partial charge in [0.25, 0.3) is 0 Å². The maximum atomic E-state index is 13.8. The molecule has 3 rings (SSSR count). The first kappa shape index (κ1) is 28.5. The summed E-state index contributed by atoms with van der Waals surface area (Å²) in [4.78, 5) is 0. The lowest BCUT2D eigenvalue weighted by molar-refractivity contribution is -0.0821. The summed E-state index contributed by atoms with van der Waals surface area (Å²) in [7, 11) is -7.95. The standard InChI is InChI=1S/C25H42N2O6S2/c1-3-18-34(29,30)26(22-14-8-10-16-24(22)28)27(35(31,32)19-4-2)23-15-9-11-17-25(23)33-20-21-12-6-5-7-13-21/h5-7,12-13,22-25,28H,3-4,8-11,14-20H2,1-2H3. The minimum absolute atomic E-state index is 0.157. The largest absolute Gasteiger partial charge is 0.391 e. The molecule has 0 aliphatic heterocycles. The van der Waals surface area contributed by atoms with E-state index < -0.39 is 44.3 Å². The molecule has 4 atom stereocenters. The van der Waals surface area contributed by atoms with Gasteiger partial charge in [0, 0.05) is 0 Å². The SMILES string of the molecule is CCCS(=O)(=O)N(C1CCCCC1O)N(C1CCCCC1OCc1ccccc1)S(=O)(=O)CCC. The van der Waals surface area contributed by atoms with Gasteiger partial charge in [0.2, 0.25) is 20.0 Å². The number of aliphatic hydroxyl groups is 1. The third kappa shape index (κ3) is 7.26. The van der Waals surface area contributed by atoms with Crippen molar-refractivity contribution >= 4 is 20.0 Å². The zero-order valence-electron chi connectivity index (χ0n) is 21.1. The van der Waals surface area contributed by atoms with Crippen molar-refractivity contribution in [1.82, 2.24) is 8.83 Å². The third-order valence-electron chi connectivity index (χ3n) is 6.92. The van der Waals surface area contributed by atoms with E-state index in [1.54, 1.807) is 13.8 Å². The molecule has 2 saturated carbocycles. The van der Waals surface area contributed by atoms with Crippen LogP contribution in [-0.4, -0.2) is 66.6 Å². The summed E-state index contributed by atoms with van der Waals surface area (Å²) in [6.45, 7) is 3.88. The molecular formula is C25H42N2O6S2. The highest BCUT2D eigenvalue weighted by molar-refractivity contribution is 7.92. The lowest BCUT2D eigenvalue weighted by Crippen LogP contribution is -2.64. The third-order valence-corrected chi connectivity index (χ3v) is 10.9. The Morgan fingerprint density at radius 3 is 1.89 bits per heavy atom. The van der Waals surface area contributed by atoms with Crippen LogP contribution in [0.3, 0.4) is 0 Å². The fourth-order valence-corrected chi connectivity index (χ4v) is 9.36. The van der Waals surface area contributed by atoms with Crippen molar-refractivity contribution in [3.05, 3.63) is 35.9 Å². The summed E-state index contributed by atoms with van der Waals surface area (Å²) >= 11 is 0. The number of benzene rings is 1. The van der Waals surface area contributed by atoms with Crippen molar-refractivity contribution in [2.75, 3.05) is 11.5 Å². The van der Waals surface area contributed by atoms with Gasteiger partial charge in [-0.3, -0.25) is 0 Å². The van der Waals surface area contributed by atoms with E-state index in [0.717, 1.165) is 40.1 Å². The van der Waals surface area contributed by atoms with Crippen LogP contribution in [0.1, 0.15) is 83.6 Å². The van der Waals surface area contributed by atoms with Crippen molar-refractivity contribution in [3.8, 4) is 0 Å². The predicted octanol–water partition coefficient (Wildman–Crippen LogP) is 3.82. The Bertz CT molecular complexity index is 986. The minimum Gasteiger partial charge on any atom is -0.391 e. The Morgan fingerprint density at radius 1 is 0.800 bits per heavy atom. The molecule has 200 valence electrons. The molecule has 0 amide bonds. The van der Waals surface area contributed by atoms with Gasteiger partial charge >= 0.3 is 0 Å². The minimum atomic E-state index is -3.98. The van der Waals surface area contributed by atoms with Gasteiger partial charge in [-0.2, -0.15) is 0 Å². The topological polar surface area (TPSA) is 104 Å². The highest BCUT2D eigenvalue weighted by Crippen LogP contribution is 2.35. The van der Waals surface area contributed by atoms with Crippen LogP contribution < -0.4 is 0 Å². The van der Waals surface area contributed by atoms with Crippen molar-refractivity contribution in [1.29, 1.82) is 0 Å². The molecule has 1 aromatic carbocycles. The second-order valence-corrected chi connectivity index (χ2v) is 13.7. The summed E-state index contributed by atoms with van der Waals surface area (Å²) < 4.78 is 63.4. The van der Waals surface area contributed by atoms with Gasteiger partial charge in [-0.25, -0.2) is 16.8 Å². The first-order chi connectivity index (χ1) is 16.7. The average Bonchev–Trinajstić information content (AvgIpc) is 2.82. The van der Waals surface area contributed by atoms with E-state index in [1.807, 2.05) is 30.3 Å². The molecule has 2 aliphatic rings. The molecule has 1 N–H and O–H groups in total. The van der Waals surface area contributed by atoms with Crippen LogP contribution in [0.25, 0.3) is 0 Å². The van der Waals surface area contributed by atoms with Crippen molar-refractivity contribution in [2.45, 2.75) is 109 Å². The lowest BCUT2D eigenvalue weighted by Gasteiger charge is -2.47. The van der Waals surface area contributed by atoms with Crippen molar-refractivity contribution in [2.24, 2.45) is 0 Å². The monoisotopic (exact) mass is 530 g/mol. The Morgan fingerprint density at radius 2 is 1.31 bits per heavy atom. The van der Waals surface area contributed by atoms with E-state index in [0.29, 0.717) is 45.1 Å². The summed E-state index contributed by atoms with van der Waals surface area (Å²) in [5.41, 5.74) is 0.984. The van der Waals surface area contributed by atoms with E-state index in [4.69, 9.17) is 4.74 Å². The average molecular weight is 531 g/mol. The van der Waals surface area contributed by atoms with Gasteiger partial charge < -0.3 is 9.84 Å². The number of sulfonamides is 2. The van der Waals surface area contributed by atoms with Crippen molar-refractivity contribution in [3.63, 3.8) is 0 Å². The van der Waals surface area contributed by atoms with Crippen LogP contribution in [0.4, 0.5) is 0 Å². The lowest BCUT2D eigenvalue weighted by atomic mass is 9.91. The molecule has 4 unspecified atom stereocenters. The van der Waals surface area contributed by atoms with Crippen LogP contribution in [0.15, 0.2) is 30.3 Å². The number of hydrogen-bond donors (Lipinski definition) is 1. The fourth-order valence-electron chi connectivity index (χ4n) is 5.30. The van der Waals surface area contributed by atoms with E-state index in [1.165, 1.54) is 0 Å². The molecule has 2 fully saturated rings. The maximum absolute atomic E-state index is 13.8. The molecule has 0 heterocycles. The molecule has 0 saturated heterocycles. The molecule has 0 bridgehead atoms. The Kier molecular flexibility index (Phi) is 10.6. The van der Waals surface area contributed by atoms with E-state index in [-0.39, 0.29) is 11.5 Å². The highest BCUT2D eigenvalue weighted by atomic mass is 32.2. The zero-order chi connectivity index (χ0) is 25.5. The Labute approximate surface area is 211 Å².